The van der Waals surface area contributed by atoms with Gasteiger partial charge in [0, 0.05) is 0 Å². The molecule has 0 fully saturated rings. The van der Waals surface area contributed by atoms with Gasteiger partial charge in [0.05, 0.1) is 35.6 Å². The zero-order valence-corrected chi connectivity index (χ0v) is 17.7. The molecule has 0 aromatic heterocycles. The van der Waals surface area contributed by atoms with Crippen molar-refractivity contribution in [3.63, 3.8) is 0 Å². The summed E-state index contributed by atoms with van der Waals surface area (Å²) in [5.41, 5.74) is 0.180. The first-order valence-corrected chi connectivity index (χ1v) is 10.8. The second kappa shape index (κ2) is 9.48. The minimum Gasteiger partial charge on any atom is -0.495 e. The monoisotopic (exact) mass is 444 g/mol. The van der Waals surface area contributed by atoms with Gasteiger partial charge >= 0.3 is 0 Å². The normalized spacial score (nSPS) is 10.9. The average molecular weight is 444 g/mol. The maximum Gasteiger partial charge on any atom is 0.262 e. The number of carbonyl (C=O) groups is 1. The highest BCUT2D eigenvalue weighted by Crippen LogP contribution is 2.31. The Morgan fingerprint density at radius 3 is 2.39 bits per heavy atom. The van der Waals surface area contributed by atoms with E-state index in [0.29, 0.717) is 5.75 Å². The lowest BCUT2D eigenvalue weighted by Gasteiger charge is -2.15. The SMILES string of the molecule is CCOc1ccc(S(=O)(=O)Nc2ccccc2OC)cc1NC(=O)c1ccccc1F. The number of rotatable bonds is 8. The molecular weight excluding hydrogens is 423 g/mol. The molecule has 9 heteroatoms. The molecule has 2 N–H and O–H groups in total. The third-order valence-corrected chi connectivity index (χ3v) is 5.64. The van der Waals surface area contributed by atoms with E-state index in [4.69, 9.17) is 9.47 Å². The number of sulfonamides is 1. The van der Waals surface area contributed by atoms with Crippen LogP contribution in [0.3, 0.4) is 0 Å². The lowest BCUT2D eigenvalue weighted by atomic mass is 10.2. The number of halogens is 1. The Balaban J connectivity index is 1.95. The van der Waals surface area contributed by atoms with Gasteiger partial charge in [-0.25, -0.2) is 12.8 Å². The first-order valence-electron chi connectivity index (χ1n) is 9.34. The van der Waals surface area contributed by atoms with E-state index < -0.39 is 21.7 Å². The van der Waals surface area contributed by atoms with E-state index in [1.807, 2.05) is 0 Å². The van der Waals surface area contributed by atoms with Crippen molar-refractivity contribution < 1.29 is 27.1 Å². The number of para-hydroxylation sites is 2. The second-order valence-corrected chi connectivity index (χ2v) is 8.01. The molecule has 162 valence electrons. The fourth-order valence-corrected chi connectivity index (χ4v) is 3.92. The number of anilines is 2. The van der Waals surface area contributed by atoms with Crippen LogP contribution in [0.1, 0.15) is 17.3 Å². The molecule has 7 nitrogen and oxygen atoms in total. The number of carbonyl (C=O) groups excluding carboxylic acids is 1. The van der Waals surface area contributed by atoms with Crippen LogP contribution >= 0.6 is 0 Å². The molecule has 0 aliphatic carbocycles. The molecule has 0 aliphatic heterocycles. The predicted octanol–water partition coefficient (Wildman–Crippen LogP) is 4.29. The third kappa shape index (κ3) is 5.13. The highest BCUT2D eigenvalue weighted by Gasteiger charge is 2.20. The van der Waals surface area contributed by atoms with Gasteiger partial charge in [-0.1, -0.05) is 24.3 Å². The molecule has 3 rings (SSSR count). The van der Waals surface area contributed by atoms with Crippen LogP contribution in [0.25, 0.3) is 0 Å². The minimum atomic E-state index is -4.02. The number of amides is 1. The number of benzene rings is 3. The number of nitrogens with one attached hydrogen (secondary N) is 2. The number of methoxy groups -OCH3 is 1. The van der Waals surface area contributed by atoms with Gasteiger partial charge in [0.15, 0.2) is 0 Å². The molecule has 0 saturated carbocycles. The van der Waals surface area contributed by atoms with E-state index in [-0.39, 0.29) is 34.2 Å². The van der Waals surface area contributed by atoms with E-state index in [1.54, 1.807) is 31.2 Å². The average Bonchev–Trinajstić information content (AvgIpc) is 2.75. The second-order valence-electron chi connectivity index (χ2n) is 6.33. The summed E-state index contributed by atoms with van der Waals surface area (Å²) in [6.07, 6.45) is 0. The number of hydrogen-bond acceptors (Lipinski definition) is 5. The Kier molecular flexibility index (Phi) is 6.76. The summed E-state index contributed by atoms with van der Waals surface area (Å²) in [6.45, 7) is 2.03. The van der Waals surface area contributed by atoms with Crippen LogP contribution < -0.4 is 19.5 Å². The molecule has 0 radical (unpaired) electrons. The smallest absolute Gasteiger partial charge is 0.262 e. The summed E-state index contributed by atoms with van der Waals surface area (Å²) in [5.74, 6) is -0.820. The summed E-state index contributed by atoms with van der Waals surface area (Å²) >= 11 is 0. The Morgan fingerprint density at radius 1 is 0.968 bits per heavy atom. The minimum absolute atomic E-state index is 0.0954. The lowest BCUT2D eigenvalue weighted by molar-refractivity contribution is 0.102. The van der Waals surface area contributed by atoms with Gasteiger partial charge in [-0.05, 0) is 49.4 Å². The highest BCUT2D eigenvalue weighted by atomic mass is 32.2. The van der Waals surface area contributed by atoms with Gasteiger partial charge in [-0.15, -0.1) is 0 Å². The largest absolute Gasteiger partial charge is 0.495 e. The zero-order valence-electron chi connectivity index (χ0n) is 16.9. The van der Waals surface area contributed by atoms with Gasteiger partial charge in [0.1, 0.15) is 17.3 Å². The van der Waals surface area contributed by atoms with Gasteiger partial charge in [-0.2, -0.15) is 0 Å². The molecular formula is C22H21FN2O5S. The predicted molar refractivity (Wildman–Crippen MR) is 116 cm³/mol. The molecule has 3 aromatic carbocycles. The van der Waals surface area contributed by atoms with E-state index in [1.165, 1.54) is 43.5 Å². The quantitative estimate of drug-likeness (QED) is 0.541. The molecule has 0 heterocycles. The van der Waals surface area contributed by atoms with Crippen molar-refractivity contribution in [2.45, 2.75) is 11.8 Å². The van der Waals surface area contributed by atoms with Crippen LogP contribution in [0.4, 0.5) is 15.8 Å². The number of ether oxygens (including phenoxy) is 2. The molecule has 3 aromatic rings. The molecule has 0 bridgehead atoms. The van der Waals surface area contributed by atoms with Gasteiger partial charge < -0.3 is 14.8 Å². The molecule has 0 aliphatic rings. The van der Waals surface area contributed by atoms with Crippen molar-refractivity contribution in [3.05, 3.63) is 78.1 Å². The first kappa shape index (κ1) is 22.1. The zero-order chi connectivity index (χ0) is 22.4. The van der Waals surface area contributed by atoms with E-state index in [2.05, 4.69) is 10.0 Å². The fourth-order valence-electron chi connectivity index (χ4n) is 2.82. The molecule has 0 atom stereocenters. The summed E-state index contributed by atoms with van der Waals surface area (Å²) < 4.78 is 52.9. The van der Waals surface area contributed by atoms with Crippen LogP contribution in [-0.2, 0) is 10.0 Å². The van der Waals surface area contributed by atoms with Crippen LogP contribution in [0.5, 0.6) is 11.5 Å². The molecule has 0 unspecified atom stereocenters. The topological polar surface area (TPSA) is 93.7 Å². The van der Waals surface area contributed by atoms with Crippen LogP contribution in [0.2, 0.25) is 0 Å². The van der Waals surface area contributed by atoms with Crippen molar-refractivity contribution in [2.75, 3.05) is 23.8 Å². The third-order valence-electron chi connectivity index (χ3n) is 4.28. The van der Waals surface area contributed by atoms with Gasteiger partial charge in [-0.3, -0.25) is 9.52 Å². The molecule has 0 spiro atoms. The van der Waals surface area contributed by atoms with Crippen LogP contribution in [-0.4, -0.2) is 28.0 Å². The summed E-state index contributed by atoms with van der Waals surface area (Å²) in [4.78, 5) is 12.4. The summed E-state index contributed by atoms with van der Waals surface area (Å²) in [7, 11) is -2.59. The number of hydrogen-bond donors (Lipinski definition) is 2. The van der Waals surface area contributed by atoms with Gasteiger partial charge in [0.25, 0.3) is 15.9 Å². The summed E-state index contributed by atoms with van der Waals surface area (Å²) in [5, 5.41) is 2.53. The maximum absolute atomic E-state index is 14.0. The first-order chi connectivity index (χ1) is 14.9. The Morgan fingerprint density at radius 2 is 1.68 bits per heavy atom. The van der Waals surface area contributed by atoms with E-state index in [0.717, 1.165) is 6.07 Å². The van der Waals surface area contributed by atoms with Crippen molar-refractivity contribution in [2.24, 2.45) is 0 Å². The van der Waals surface area contributed by atoms with Crippen LogP contribution in [0, 0.1) is 5.82 Å². The van der Waals surface area contributed by atoms with Crippen molar-refractivity contribution in [1.82, 2.24) is 0 Å². The van der Waals surface area contributed by atoms with Crippen molar-refractivity contribution in [3.8, 4) is 11.5 Å². The van der Waals surface area contributed by atoms with Crippen LogP contribution in [0.15, 0.2) is 71.6 Å². The highest BCUT2D eigenvalue weighted by molar-refractivity contribution is 7.92. The van der Waals surface area contributed by atoms with E-state index in [9.17, 15) is 17.6 Å². The lowest BCUT2D eigenvalue weighted by Crippen LogP contribution is -2.17. The Labute approximate surface area is 179 Å². The maximum atomic E-state index is 14.0. The van der Waals surface area contributed by atoms with Gasteiger partial charge in [0.2, 0.25) is 0 Å². The summed E-state index contributed by atoms with van der Waals surface area (Å²) in [6, 6.07) is 16.1. The fraction of sp³-hybridized carbons (Fsp3) is 0.136. The Hall–Kier alpha value is -3.59. The molecule has 31 heavy (non-hydrogen) atoms. The standard InChI is InChI=1S/C22H21FN2O5S/c1-3-30-21-13-12-15(31(27,28)25-18-10-6-7-11-20(18)29-2)14-19(21)24-22(26)16-8-4-5-9-17(16)23/h4-14,25H,3H2,1-2H3,(H,24,26). The molecule has 0 saturated heterocycles. The van der Waals surface area contributed by atoms with Crippen molar-refractivity contribution in [1.29, 1.82) is 0 Å². The Bertz CT molecular complexity index is 1200. The van der Waals surface area contributed by atoms with E-state index >= 15 is 0 Å². The molecule has 1 amide bonds. The van der Waals surface area contributed by atoms with Crippen molar-refractivity contribution >= 4 is 27.3 Å².